The van der Waals surface area contributed by atoms with Crippen molar-refractivity contribution in [1.82, 2.24) is 19.5 Å². The van der Waals surface area contributed by atoms with Gasteiger partial charge < -0.3 is 24.1 Å². The summed E-state index contributed by atoms with van der Waals surface area (Å²) in [5.74, 6) is -0.233. The number of carboxylic acids is 1. The second kappa shape index (κ2) is 6.48. The molecule has 0 radical (unpaired) electrons. The van der Waals surface area contributed by atoms with Gasteiger partial charge in [-0.15, -0.1) is 0 Å². The molecule has 0 saturated heterocycles. The highest BCUT2D eigenvalue weighted by atomic mass is 35.5. The molecule has 0 spiro atoms. The van der Waals surface area contributed by atoms with Gasteiger partial charge >= 0.3 is 5.97 Å². The second-order valence-electron chi connectivity index (χ2n) is 5.87. The lowest BCUT2D eigenvalue weighted by Crippen LogP contribution is -2.07. The van der Waals surface area contributed by atoms with Crippen LogP contribution in [0.2, 0.25) is 5.02 Å². The number of ether oxygens (including phenoxy) is 2. The number of fused-ring (bicyclic) bond motifs is 2. The molecule has 9 heteroatoms. The summed E-state index contributed by atoms with van der Waals surface area (Å²) in [6, 6.07) is 5.28. The van der Waals surface area contributed by atoms with Crippen LogP contribution in [0.4, 0.5) is 0 Å². The monoisotopic (exact) mass is 386 g/mol. The molecule has 0 unspecified atom stereocenters. The Balaban J connectivity index is 2.00. The molecule has 0 aliphatic carbocycles. The van der Waals surface area contributed by atoms with Crippen LogP contribution < -0.4 is 9.47 Å². The van der Waals surface area contributed by atoms with Crippen LogP contribution in [0, 0.1) is 0 Å². The van der Waals surface area contributed by atoms with Gasteiger partial charge in [-0.25, -0.2) is 9.97 Å². The third-order valence-corrected chi connectivity index (χ3v) is 4.60. The molecule has 0 atom stereocenters. The van der Waals surface area contributed by atoms with E-state index < -0.39 is 5.97 Å². The lowest BCUT2D eigenvalue weighted by Gasteiger charge is -2.08. The van der Waals surface area contributed by atoms with E-state index in [0.29, 0.717) is 38.9 Å². The van der Waals surface area contributed by atoms with E-state index in [1.54, 1.807) is 29.1 Å². The van der Waals surface area contributed by atoms with Crippen LogP contribution in [0.25, 0.3) is 33.3 Å². The quantitative estimate of drug-likeness (QED) is 0.545. The Morgan fingerprint density at radius 3 is 2.81 bits per heavy atom. The van der Waals surface area contributed by atoms with Gasteiger partial charge in [0.2, 0.25) is 0 Å². The zero-order valence-electron chi connectivity index (χ0n) is 14.5. The van der Waals surface area contributed by atoms with E-state index in [9.17, 15) is 9.90 Å². The average Bonchev–Trinajstić information content (AvgIpc) is 3.22. The maximum atomic E-state index is 11.3. The third-order valence-electron chi connectivity index (χ3n) is 4.27. The summed E-state index contributed by atoms with van der Waals surface area (Å²) in [5.41, 5.74) is 3.26. The first-order valence-electron chi connectivity index (χ1n) is 7.99. The Hall–Kier alpha value is -3.26. The number of nitrogens with zero attached hydrogens (tertiary/aromatic N) is 3. The molecule has 0 aromatic carbocycles. The summed E-state index contributed by atoms with van der Waals surface area (Å²) >= 11 is 6.24. The van der Waals surface area contributed by atoms with Crippen molar-refractivity contribution in [3.8, 4) is 22.9 Å². The first-order chi connectivity index (χ1) is 13.0. The first kappa shape index (κ1) is 17.2. The number of pyridine rings is 2. The smallest absolute Gasteiger partial charge is 0.323 e. The van der Waals surface area contributed by atoms with Gasteiger partial charge in [0.25, 0.3) is 5.88 Å². The number of carboxylic acid groups (broad SMARTS) is 1. The number of aromatic amines is 1. The molecular formula is C18H15ClN4O4. The van der Waals surface area contributed by atoms with E-state index in [0.717, 1.165) is 11.1 Å². The van der Waals surface area contributed by atoms with Crippen LogP contribution in [0.3, 0.4) is 0 Å². The van der Waals surface area contributed by atoms with E-state index in [2.05, 4.69) is 15.0 Å². The molecule has 0 aliphatic heterocycles. The van der Waals surface area contributed by atoms with Crippen molar-refractivity contribution in [2.24, 2.45) is 0 Å². The third kappa shape index (κ3) is 2.83. The highest BCUT2D eigenvalue weighted by Gasteiger charge is 2.19. The minimum Gasteiger partial charge on any atom is -0.491 e. The zero-order valence-corrected chi connectivity index (χ0v) is 15.2. The van der Waals surface area contributed by atoms with Crippen LogP contribution in [0.15, 0.2) is 30.6 Å². The first-order valence-corrected chi connectivity index (χ1v) is 8.37. The van der Waals surface area contributed by atoms with Crippen LogP contribution >= 0.6 is 11.6 Å². The maximum Gasteiger partial charge on any atom is 0.323 e. The van der Waals surface area contributed by atoms with E-state index >= 15 is 0 Å². The topological polar surface area (TPSA) is 102 Å². The molecule has 0 bridgehead atoms. The molecule has 4 rings (SSSR count). The zero-order chi connectivity index (χ0) is 19.1. The summed E-state index contributed by atoms with van der Waals surface area (Å²) in [4.78, 5) is 23.3. The fourth-order valence-corrected chi connectivity index (χ4v) is 3.28. The van der Waals surface area contributed by atoms with Gasteiger partial charge in [0.15, 0.2) is 5.75 Å². The van der Waals surface area contributed by atoms with Crippen LogP contribution in [-0.4, -0.2) is 44.8 Å². The number of hydrogen-bond donors (Lipinski definition) is 2. The van der Waals surface area contributed by atoms with E-state index in [1.807, 2.05) is 6.07 Å². The van der Waals surface area contributed by atoms with Crippen LogP contribution in [0.1, 0.15) is 0 Å². The van der Waals surface area contributed by atoms with E-state index in [4.69, 9.17) is 21.1 Å². The van der Waals surface area contributed by atoms with Crippen molar-refractivity contribution in [2.45, 2.75) is 6.54 Å². The lowest BCUT2D eigenvalue weighted by molar-refractivity contribution is -0.137. The van der Waals surface area contributed by atoms with Crippen molar-refractivity contribution in [1.29, 1.82) is 0 Å². The number of H-pyrrole nitrogens is 1. The van der Waals surface area contributed by atoms with Gasteiger partial charge in [-0.2, -0.15) is 0 Å². The number of aromatic nitrogens is 4. The molecule has 138 valence electrons. The maximum absolute atomic E-state index is 11.3. The van der Waals surface area contributed by atoms with Crippen molar-refractivity contribution in [3.05, 3.63) is 35.6 Å². The lowest BCUT2D eigenvalue weighted by atomic mass is 10.2. The predicted octanol–water partition coefficient (Wildman–Crippen LogP) is 3.33. The number of halogens is 1. The van der Waals surface area contributed by atoms with Gasteiger partial charge in [-0.3, -0.25) is 4.79 Å². The Labute approximate surface area is 158 Å². The number of methoxy groups -OCH3 is 2. The Morgan fingerprint density at radius 1 is 1.33 bits per heavy atom. The normalized spacial score (nSPS) is 11.2. The SMILES string of the molecule is COc1cc2c(nc1OC)c(-c1cc3c(Cl)ccnc3[nH]1)cn2CC(=O)O. The van der Waals surface area contributed by atoms with E-state index in [-0.39, 0.29) is 6.54 Å². The van der Waals surface area contributed by atoms with Crippen molar-refractivity contribution >= 4 is 39.6 Å². The molecule has 0 aliphatic rings. The molecule has 4 aromatic heterocycles. The summed E-state index contributed by atoms with van der Waals surface area (Å²) in [5, 5.41) is 10.6. The van der Waals surface area contributed by atoms with Gasteiger partial charge in [0, 0.05) is 29.4 Å². The fourth-order valence-electron chi connectivity index (χ4n) is 3.08. The predicted molar refractivity (Wildman–Crippen MR) is 101 cm³/mol. The van der Waals surface area contributed by atoms with Crippen molar-refractivity contribution < 1.29 is 19.4 Å². The summed E-state index contributed by atoms with van der Waals surface area (Å²) in [7, 11) is 3.00. The largest absolute Gasteiger partial charge is 0.491 e. The Bertz CT molecular complexity index is 1180. The van der Waals surface area contributed by atoms with Gasteiger partial charge in [-0.1, -0.05) is 11.6 Å². The van der Waals surface area contributed by atoms with Gasteiger partial charge in [0.05, 0.1) is 30.5 Å². The summed E-state index contributed by atoms with van der Waals surface area (Å²) in [6.07, 6.45) is 3.34. The summed E-state index contributed by atoms with van der Waals surface area (Å²) < 4.78 is 12.2. The van der Waals surface area contributed by atoms with Crippen LogP contribution in [0.5, 0.6) is 11.6 Å². The number of aliphatic carboxylic acids is 1. The molecule has 27 heavy (non-hydrogen) atoms. The summed E-state index contributed by atoms with van der Waals surface area (Å²) in [6.45, 7) is -0.215. The number of nitrogens with one attached hydrogen (secondary N) is 1. The van der Waals surface area contributed by atoms with Gasteiger partial charge in [-0.05, 0) is 12.1 Å². The highest BCUT2D eigenvalue weighted by molar-refractivity contribution is 6.35. The van der Waals surface area contributed by atoms with Crippen molar-refractivity contribution in [3.63, 3.8) is 0 Å². The highest BCUT2D eigenvalue weighted by Crippen LogP contribution is 2.37. The number of hydrogen-bond acceptors (Lipinski definition) is 5. The fraction of sp³-hybridized carbons (Fsp3) is 0.167. The molecular weight excluding hydrogens is 372 g/mol. The molecule has 2 N–H and O–H groups in total. The Kier molecular flexibility index (Phi) is 4.12. The molecule has 8 nitrogen and oxygen atoms in total. The Morgan fingerprint density at radius 2 is 2.15 bits per heavy atom. The minimum absolute atomic E-state index is 0.215. The number of carbonyl (C=O) groups is 1. The molecule has 0 amide bonds. The average molecular weight is 387 g/mol. The molecule has 4 heterocycles. The van der Waals surface area contributed by atoms with Gasteiger partial charge in [0.1, 0.15) is 17.7 Å². The standard InChI is InChI=1S/C18H15ClN4O4/c1-26-14-6-13-16(22-18(14)27-2)10(7-23(13)8-15(24)25)12-5-9-11(19)3-4-20-17(9)21-12/h3-7H,8H2,1-2H3,(H,20,21)(H,24,25). The molecule has 4 aromatic rings. The minimum atomic E-state index is -0.963. The van der Waals surface area contributed by atoms with E-state index in [1.165, 1.54) is 14.2 Å². The second-order valence-corrected chi connectivity index (χ2v) is 6.28. The molecule has 0 fully saturated rings. The number of rotatable bonds is 5. The van der Waals surface area contributed by atoms with Crippen LogP contribution in [-0.2, 0) is 11.3 Å². The van der Waals surface area contributed by atoms with Crippen molar-refractivity contribution in [2.75, 3.05) is 14.2 Å². The molecule has 0 saturated carbocycles.